The van der Waals surface area contributed by atoms with Gasteiger partial charge in [-0.25, -0.2) is 4.39 Å². The molecule has 1 atom stereocenters. The second-order valence-electron chi connectivity index (χ2n) is 5.24. The molecule has 1 aliphatic rings. The standard InChI is InChI=1S/C15H22BrFN2/c1-2-8-19-9-3-4-13(7-10-19)18-15-6-5-12(17)11-14(15)16/h5-6,11,13,18H,2-4,7-10H2,1H3. The average molecular weight is 329 g/mol. The Kier molecular flexibility index (Phi) is 5.64. The second kappa shape index (κ2) is 7.25. The quantitative estimate of drug-likeness (QED) is 0.888. The van der Waals surface area contributed by atoms with Crippen LogP contribution in [0.25, 0.3) is 0 Å². The van der Waals surface area contributed by atoms with Gasteiger partial charge >= 0.3 is 0 Å². The number of benzene rings is 1. The molecule has 1 saturated heterocycles. The van der Waals surface area contributed by atoms with Crippen LogP contribution in [0.4, 0.5) is 10.1 Å². The van der Waals surface area contributed by atoms with Gasteiger partial charge in [0.15, 0.2) is 0 Å². The number of halogens is 2. The Morgan fingerprint density at radius 3 is 2.95 bits per heavy atom. The van der Waals surface area contributed by atoms with Crippen molar-refractivity contribution in [3.8, 4) is 0 Å². The molecule has 2 nitrogen and oxygen atoms in total. The summed E-state index contributed by atoms with van der Waals surface area (Å²) in [5.41, 5.74) is 0.996. The Labute approximate surface area is 123 Å². The lowest BCUT2D eigenvalue weighted by Gasteiger charge is -2.20. The summed E-state index contributed by atoms with van der Waals surface area (Å²) in [6, 6.07) is 5.33. The molecule has 1 unspecified atom stereocenters. The molecular weight excluding hydrogens is 307 g/mol. The van der Waals surface area contributed by atoms with E-state index in [0.717, 1.165) is 23.1 Å². The van der Waals surface area contributed by atoms with Crippen LogP contribution in [-0.2, 0) is 0 Å². The molecule has 0 aromatic heterocycles. The Bertz CT molecular complexity index is 411. The molecule has 0 spiro atoms. The molecule has 1 aromatic carbocycles. The molecule has 1 heterocycles. The maximum atomic E-state index is 13.1. The van der Waals surface area contributed by atoms with Gasteiger partial charge in [-0.05, 0) is 72.9 Å². The van der Waals surface area contributed by atoms with Gasteiger partial charge < -0.3 is 10.2 Å². The largest absolute Gasteiger partial charge is 0.381 e. The molecule has 0 saturated carbocycles. The third-order valence-corrected chi connectivity index (χ3v) is 4.31. The molecule has 106 valence electrons. The molecule has 0 amide bonds. The highest BCUT2D eigenvalue weighted by Gasteiger charge is 2.17. The van der Waals surface area contributed by atoms with Crippen LogP contribution in [-0.4, -0.2) is 30.6 Å². The van der Waals surface area contributed by atoms with Crippen LogP contribution in [0.2, 0.25) is 0 Å². The van der Waals surface area contributed by atoms with Crippen molar-refractivity contribution in [2.45, 2.75) is 38.6 Å². The topological polar surface area (TPSA) is 15.3 Å². The van der Waals surface area contributed by atoms with Crippen LogP contribution in [0.3, 0.4) is 0 Å². The average Bonchev–Trinajstić information content (AvgIpc) is 2.59. The van der Waals surface area contributed by atoms with E-state index < -0.39 is 0 Å². The summed E-state index contributed by atoms with van der Waals surface area (Å²) in [7, 11) is 0. The minimum atomic E-state index is -0.201. The molecule has 2 rings (SSSR count). The van der Waals surface area contributed by atoms with E-state index in [0.29, 0.717) is 6.04 Å². The van der Waals surface area contributed by atoms with Gasteiger partial charge in [0.2, 0.25) is 0 Å². The van der Waals surface area contributed by atoms with Crippen molar-refractivity contribution in [3.63, 3.8) is 0 Å². The summed E-state index contributed by atoms with van der Waals surface area (Å²) in [4.78, 5) is 2.54. The van der Waals surface area contributed by atoms with Crippen LogP contribution in [0.1, 0.15) is 32.6 Å². The number of hydrogen-bond acceptors (Lipinski definition) is 2. The summed E-state index contributed by atoms with van der Waals surface area (Å²) in [5, 5.41) is 3.54. The minimum Gasteiger partial charge on any atom is -0.381 e. The zero-order valence-electron chi connectivity index (χ0n) is 11.5. The summed E-state index contributed by atoms with van der Waals surface area (Å²) in [6.45, 7) is 5.80. The van der Waals surface area contributed by atoms with Crippen molar-refractivity contribution in [3.05, 3.63) is 28.5 Å². The molecule has 1 fully saturated rings. The second-order valence-corrected chi connectivity index (χ2v) is 6.09. The first-order chi connectivity index (χ1) is 9.19. The highest BCUT2D eigenvalue weighted by atomic mass is 79.9. The molecule has 1 N–H and O–H groups in total. The lowest BCUT2D eigenvalue weighted by atomic mass is 10.1. The number of nitrogens with zero attached hydrogens (tertiary/aromatic N) is 1. The van der Waals surface area contributed by atoms with E-state index >= 15 is 0 Å². The lowest BCUT2D eigenvalue weighted by Crippen LogP contribution is -2.27. The maximum Gasteiger partial charge on any atom is 0.124 e. The number of likely N-dealkylation sites (tertiary alicyclic amines) is 1. The van der Waals surface area contributed by atoms with Gasteiger partial charge in [-0.3, -0.25) is 0 Å². The van der Waals surface area contributed by atoms with Gasteiger partial charge in [-0.15, -0.1) is 0 Å². The summed E-state index contributed by atoms with van der Waals surface area (Å²) < 4.78 is 13.9. The minimum absolute atomic E-state index is 0.201. The third-order valence-electron chi connectivity index (χ3n) is 3.65. The lowest BCUT2D eigenvalue weighted by molar-refractivity contribution is 0.285. The van der Waals surface area contributed by atoms with Crippen molar-refractivity contribution < 1.29 is 4.39 Å². The van der Waals surface area contributed by atoms with E-state index in [1.54, 1.807) is 0 Å². The van der Waals surface area contributed by atoms with Gasteiger partial charge in [0, 0.05) is 22.7 Å². The van der Waals surface area contributed by atoms with E-state index in [4.69, 9.17) is 0 Å². The molecule has 0 bridgehead atoms. The predicted octanol–water partition coefficient (Wildman–Crippen LogP) is 4.26. The van der Waals surface area contributed by atoms with E-state index in [9.17, 15) is 4.39 Å². The van der Waals surface area contributed by atoms with E-state index in [1.165, 1.54) is 44.5 Å². The predicted molar refractivity (Wildman–Crippen MR) is 82.1 cm³/mol. The first kappa shape index (κ1) is 14.8. The van der Waals surface area contributed by atoms with Crippen LogP contribution in [0, 0.1) is 5.82 Å². The van der Waals surface area contributed by atoms with E-state index in [2.05, 4.69) is 33.1 Å². The van der Waals surface area contributed by atoms with E-state index in [-0.39, 0.29) is 5.82 Å². The fourth-order valence-corrected chi connectivity index (χ4v) is 3.13. The molecule has 1 aromatic rings. The fraction of sp³-hybridized carbons (Fsp3) is 0.600. The zero-order chi connectivity index (χ0) is 13.7. The Morgan fingerprint density at radius 2 is 2.21 bits per heavy atom. The highest BCUT2D eigenvalue weighted by molar-refractivity contribution is 9.10. The van der Waals surface area contributed by atoms with Gasteiger partial charge in [-0.1, -0.05) is 6.92 Å². The third kappa shape index (κ3) is 4.46. The fourth-order valence-electron chi connectivity index (χ4n) is 2.67. The molecule has 19 heavy (non-hydrogen) atoms. The molecule has 4 heteroatoms. The summed E-state index contributed by atoms with van der Waals surface area (Å²) in [5.74, 6) is -0.201. The van der Waals surface area contributed by atoms with Crippen molar-refractivity contribution in [2.24, 2.45) is 0 Å². The monoisotopic (exact) mass is 328 g/mol. The van der Waals surface area contributed by atoms with Crippen LogP contribution < -0.4 is 5.32 Å². The van der Waals surface area contributed by atoms with Crippen molar-refractivity contribution >= 4 is 21.6 Å². The molecule has 0 radical (unpaired) electrons. The molecule has 0 aliphatic carbocycles. The van der Waals surface area contributed by atoms with Crippen LogP contribution in [0.5, 0.6) is 0 Å². The van der Waals surface area contributed by atoms with Crippen molar-refractivity contribution in [1.29, 1.82) is 0 Å². The summed E-state index contributed by atoms with van der Waals surface area (Å²) in [6.07, 6.45) is 4.80. The number of hydrogen-bond donors (Lipinski definition) is 1. The van der Waals surface area contributed by atoms with Gasteiger partial charge in [0.05, 0.1) is 0 Å². The number of anilines is 1. The van der Waals surface area contributed by atoms with Crippen LogP contribution >= 0.6 is 15.9 Å². The van der Waals surface area contributed by atoms with Gasteiger partial charge in [0.25, 0.3) is 0 Å². The van der Waals surface area contributed by atoms with Crippen LogP contribution in [0.15, 0.2) is 22.7 Å². The van der Waals surface area contributed by atoms with E-state index in [1.807, 2.05) is 6.07 Å². The smallest absolute Gasteiger partial charge is 0.124 e. The number of rotatable bonds is 4. The van der Waals surface area contributed by atoms with Crippen molar-refractivity contribution in [1.82, 2.24) is 4.90 Å². The Hall–Kier alpha value is -0.610. The zero-order valence-corrected chi connectivity index (χ0v) is 13.0. The van der Waals surface area contributed by atoms with Crippen molar-refractivity contribution in [2.75, 3.05) is 25.0 Å². The molecule has 1 aliphatic heterocycles. The maximum absolute atomic E-state index is 13.1. The molecular formula is C15H22BrFN2. The SMILES string of the molecule is CCCN1CCCC(Nc2ccc(F)cc2Br)CC1. The van der Waals surface area contributed by atoms with Gasteiger partial charge in [0.1, 0.15) is 5.82 Å². The Morgan fingerprint density at radius 1 is 1.37 bits per heavy atom. The Balaban J connectivity index is 1.92. The number of nitrogens with one attached hydrogen (secondary N) is 1. The first-order valence-corrected chi connectivity index (χ1v) is 7.92. The van der Waals surface area contributed by atoms with Gasteiger partial charge in [-0.2, -0.15) is 0 Å². The first-order valence-electron chi connectivity index (χ1n) is 7.13. The highest BCUT2D eigenvalue weighted by Crippen LogP contribution is 2.25. The normalized spacial score (nSPS) is 21.1. The summed E-state index contributed by atoms with van der Waals surface area (Å²) >= 11 is 3.42.